The fraction of sp³-hybridized carbons (Fsp3) is 0.286. The maximum atomic E-state index is 12.8. The summed E-state index contributed by atoms with van der Waals surface area (Å²) in [5.41, 5.74) is 8.32. The van der Waals surface area contributed by atoms with Gasteiger partial charge in [-0.05, 0) is 49.6 Å². The van der Waals surface area contributed by atoms with Crippen molar-refractivity contribution in [1.82, 2.24) is 10.6 Å². The molecule has 1 fully saturated rings. The Kier molecular flexibility index (Phi) is 5.93. The van der Waals surface area contributed by atoms with Crippen LogP contribution >= 0.6 is 0 Å². The number of urea groups is 1. The third kappa shape index (κ3) is 4.68. The van der Waals surface area contributed by atoms with Gasteiger partial charge in [0.15, 0.2) is 0 Å². The standard InChI is InChI=1S/C21H24N4O3/c1-14-4-10-17(11-5-14)25-12-2-3-18(20(25)27)24-19(26)16-8-6-15(7-9-16)13-23-21(22)28/h4-11,18H,2-3,12-13H2,1H3,(H,24,26)(H3,22,23,28). The summed E-state index contributed by atoms with van der Waals surface area (Å²) in [5, 5.41) is 5.34. The minimum Gasteiger partial charge on any atom is -0.352 e. The second-order valence-electron chi connectivity index (χ2n) is 6.91. The number of anilines is 1. The number of nitrogens with one attached hydrogen (secondary N) is 2. The lowest BCUT2D eigenvalue weighted by Gasteiger charge is -2.32. The van der Waals surface area contributed by atoms with E-state index in [1.165, 1.54) is 0 Å². The number of rotatable bonds is 5. The van der Waals surface area contributed by atoms with Gasteiger partial charge in [-0.3, -0.25) is 9.59 Å². The Hall–Kier alpha value is -3.35. The molecule has 146 valence electrons. The molecule has 0 aliphatic carbocycles. The topological polar surface area (TPSA) is 105 Å². The van der Waals surface area contributed by atoms with Crippen molar-refractivity contribution in [2.75, 3.05) is 11.4 Å². The number of amides is 4. The first-order valence-electron chi connectivity index (χ1n) is 9.25. The number of carbonyl (C=O) groups excluding carboxylic acids is 3. The third-order valence-corrected chi connectivity index (χ3v) is 4.77. The van der Waals surface area contributed by atoms with E-state index in [1.807, 2.05) is 31.2 Å². The van der Waals surface area contributed by atoms with Crippen molar-refractivity contribution in [3.8, 4) is 0 Å². The molecule has 1 heterocycles. The van der Waals surface area contributed by atoms with Crippen LogP contribution in [0.2, 0.25) is 0 Å². The first-order valence-corrected chi connectivity index (χ1v) is 9.25. The van der Waals surface area contributed by atoms with Gasteiger partial charge in [0, 0.05) is 24.3 Å². The highest BCUT2D eigenvalue weighted by molar-refractivity contribution is 6.02. The molecule has 1 aliphatic rings. The van der Waals surface area contributed by atoms with Gasteiger partial charge in [-0.15, -0.1) is 0 Å². The minimum absolute atomic E-state index is 0.0919. The Bertz CT molecular complexity index is 862. The molecule has 7 heteroatoms. The van der Waals surface area contributed by atoms with Crippen molar-refractivity contribution >= 4 is 23.5 Å². The van der Waals surface area contributed by atoms with Gasteiger partial charge in [0.25, 0.3) is 5.91 Å². The van der Waals surface area contributed by atoms with Crippen LogP contribution in [-0.2, 0) is 11.3 Å². The fourth-order valence-electron chi connectivity index (χ4n) is 3.19. The molecule has 0 aromatic heterocycles. The van der Waals surface area contributed by atoms with Gasteiger partial charge in [0.2, 0.25) is 5.91 Å². The molecular weight excluding hydrogens is 356 g/mol. The van der Waals surface area contributed by atoms with Crippen LogP contribution in [0.15, 0.2) is 48.5 Å². The van der Waals surface area contributed by atoms with Crippen molar-refractivity contribution < 1.29 is 14.4 Å². The number of hydrogen-bond donors (Lipinski definition) is 3. The van der Waals surface area contributed by atoms with E-state index >= 15 is 0 Å². The fourth-order valence-corrected chi connectivity index (χ4v) is 3.19. The number of nitrogens with two attached hydrogens (primary N) is 1. The smallest absolute Gasteiger partial charge is 0.312 e. The summed E-state index contributed by atoms with van der Waals surface area (Å²) in [6, 6.07) is 13.5. The van der Waals surface area contributed by atoms with Crippen molar-refractivity contribution in [1.29, 1.82) is 0 Å². The quantitative estimate of drug-likeness (QED) is 0.740. The molecule has 1 aliphatic heterocycles. The Morgan fingerprint density at radius 3 is 2.43 bits per heavy atom. The van der Waals surface area contributed by atoms with Crippen LogP contribution in [0.5, 0.6) is 0 Å². The molecule has 0 bridgehead atoms. The van der Waals surface area contributed by atoms with E-state index in [0.29, 0.717) is 25.1 Å². The molecular formula is C21H24N4O3. The lowest BCUT2D eigenvalue weighted by molar-refractivity contribution is -0.121. The SMILES string of the molecule is Cc1ccc(N2CCCC(NC(=O)c3ccc(CNC(N)=O)cc3)C2=O)cc1. The van der Waals surface area contributed by atoms with Crippen molar-refractivity contribution in [3.05, 3.63) is 65.2 Å². The molecule has 0 saturated carbocycles. The van der Waals surface area contributed by atoms with Crippen LogP contribution < -0.4 is 21.3 Å². The van der Waals surface area contributed by atoms with Crippen molar-refractivity contribution in [3.63, 3.8) is 0 Å². The Balaban J connectivity index is 1.63. The van der Waals surface area contributed by atoms with Gasteiger partial charge in [-0.25, -0.2) is 4.79 Å². The van der Waals surface area contributed by atoms with E-state index in [0.717, 1.165) is 23.2 Å². The summed E-state index contributed by atoms with van der Waals surface area (Å²) < 4.78 is 0. The number of benzene rings is 2. The minimum atomic E-state index is -0.601. The molecule has 1 saturated heterocycles. The Labute approximate surface area is 163 Å². The molecule has 2 aromatic rings. The third-order valence-electron chi connectivity index (χ3n) is 4.77. The maximum absolute atomic E-state index is 12.8. The predicted molar refractivity (Wildman–Crippen MR) is 107 cm³/mol. The van der Waals surface area contributed by atoms with Crippen LogP contribution in [0.1, 0.15) is 34.3 Å². The summed E-state index contributed by atoms with van der Waals surface area (Å²) in [4.78, 5) is 37.9. The monoisotopic (exact) mass is 380 g/mol. The highest BCUT2D eigenvalue weighted by Gasteiger charge is 2.30. The molecule has 0 spiro atoms. The molecule has 4 amide bonds. The van der Waals surface area contributed by atoms with Crippen LogP contribution in [0, 0.1) is 6.92 Å². The van der Waals surface area contributed by atoms with Gasteiger partial charge in [0.05, 0.1) is 0 Å². The molecule has 0 radical (unpaired) electrons. The van der Waals surface area contributed by atoms with Gasteiger partial charge in [-0.2, -0.15) is 0 Å². The molecule has 4 N–H and O–H groups in total. The zero-order chi connectivity index (χ0) is 20.1. The Morgan fingerprint density at radius 1 is 1.11 bits per heavy atom. The molecule has 1 unspecified atom stereocenters. The number of aryl methyl sites for hydroxylation is 1. The zero-order valence-electron chi connectivity index (χ0n) is 15.8. The lowest BCUT2D eigenvalue weighted by Crippen LogP contribution is -2.52. The van der Waals surface area contributed by atoms with Crippen molar-refractivity contribution in [2.45, 2.75) is 32.4 Å². The average Bonchev–Trinajstić information content (AvgIpc) is 2.69. The van der Waals surface area contributed by atoms with E-state index < -0.39 is 12.1 Å². The van der Waals surface area contributed by atoms with Crippen LogP contribution in [0.3, 0.4) is 0 Å². The van der Waals surface area contributed by atoms with Crippen LogP contribution in [-0.4, -0.2) is 30.4 Å². The number of carbonyl (C=O) groups is 3. The lowest BCUT2D eigenvalue weighted by atomic mass is 10.0. The number of primary amides is 1. The summed E-state index contributed by atoms with van der Waals surface area (Å²) in [6.45, 7) is 2.94. The molecule has 1 atom stereocenters. The Morgan fingerprint density at radius 2 is 1.79 bits per heavy atom. The van der Waals surface area contributed by atoms with Gasteiger partial charge in [-0.1, -0.05) is 29.8 Å². The zero-order valence-corrected chi connectivity index (χ0v) is 15.8. The average molecular weight is 380 g/mol. The van der Waals surface area contributed by atoms with E-state index in [-0.39, 0.29) is 11.8 Å². The van der Waals surface area contributed by atoms with E-state index in [2.05, 4.69) is 10.6 Å². The van der Waals surface area contributed by atoms with Crippen molar-refractivity contribution in [2.24, 2.45) is 5.73 Å². The largest absolute Gasteiger partial charge is 0.352 e. The molecule has 2 aromatic carbocycles. The van der Waals surface area contributed by atoms with Gasteiger partial charge >= 0.3 is 6.03 Å². The maximum Gasteiger partial charge on any atom is 0.312 e. The summed E-state index contributed by atoms with van der Waals surface area (Å²) in [5.74, 6) is -0.385. The highest BCUT2D eigenvalue weighted by atomic mass is 16.2. The number of piperidine rings is 1. The number of nitrogens with zero attached hydrogens (tertiary/aromatic N) is 1. The first kappa shape index (κ1) is 19.4. The highest BCUT2D eigenvalue weighted by Crippen LogP contribution is 2.22. The van der Waals surface area contributed by atoms with Gasteiger partial charge in [0.1, 0.15) is 6.04 Å². The molecule has 28 heavy (non-hydrogen) atoms. The molecule has 3 rings (SSSR count). The van der Waals surface area contributed by atoms with Gasteiger partial charge < -0.3 is 21.3 Å². The summed E-state index contributed by atoms with van der Waals surface area (Å²) in [6.07, 6.45) is 1.44. The second-order valence-corrected chi connectivity index (χ2v) is 6.91. The summed E-state index contributed by atoms with van der Waals surface area (Å²) in [7, 11) is 0. The second kappa shape index (κ2) is 8.56. The summed E-state index contributed by atoms with van der Waals surface area (Å²) >= 11 is 0. The van der Waals surface area contributed by atoms with Crippen LogP contribution in [0.25, 0.3) is 0 Å². The first-order chi connectivity index (χ1) is 13.4. The van der Waals surface area contributed by atoms with E-state index in [9.17, 15) is 14.4 Å². The van der Waals surface area contributed by atoms with E-state index in [1.54, 1.807) is 29.2 Å². The van der Waals surface area contributed by atoms with Crippen LogP contribution in [0.4, 0.5) is 10.5 Å². The predicted octanol–water partition coefficient (Wildman–Crippen LogP) is 2.09. The number of hydrogen-bond acceptors (Lipinski definition) is 3. The normalized spacial score (nSPS) is 16.5. The molecule has 7 nitrogen and oxygen atoms in total. The van der Waals surface area contributed by atoms with E-state index in [4.69, 9.17) is 5.73 Å².